The largest absolute Gasteiger partial charge is 0.481 e. The molecule has 1 aliphatic rings. The highest BCUT2D eigenvalue weighted by Gasteiger charge is 2.28. The fourth-order valence-corrected chi connectivity index (χ4v) is 2.98. The molecule has 2 atom stereocenters. The highest BCUT2D eigenvalue weighted by Crippen LogP contribution is 2.23. The van der Waals surface area contributed by atoms with Crippen molar-refractivity contribution in [3.8, 4) is 5.75 Å². The molecule has 1 fully saturated rings. The molecule has 2 rings (SSSR count). The predicted octanol–water partition coefficient (Wildman–Crippen LogP) is 3.21. The van der Waals surface area contributed by atoms with E-state index in [1.807, 2.05) is 0 Å². The molecule has 0 aromatic heterocycles. The molecule has 0 bridgehead atoms. The summed E-state index contributed by atoms with van der Waals surface area (Å²) < 4.78 is 5.67. The van der Waals surface area contributed by atoms with Crippen molar-refractivity contribution in [2.45, 2.75) is 38.7 Å². The number of halogens is 1. The molecule has 0 radical (unpaired) electrons. The van der Waals surface area contributed by atoms with Crippen LogP contribution in [0.1, 0.15) is 32.6 Å². The van der Waals surface area contributed by atoms with Gasteiger partial charge in [0.25, 0.3) is 5.91 Å². The molecule has 5 nitrogen and oxygen atoms in total. The fourth-order valence-electron chi connectivity index (χ4n) is 2.85. The standard InChI is InChI=1S/C17H22ClNO4/c1-12(23-15-7-5-14(18)6-8-15)17(22)19-10-2-3-13(11-19)4-9-16(20)21/h5-8,12-13H,2-4,9-11H2,1H3,(H,20,21)/t12-,13+/m0/s1. The summed E-state index contributed by atoms with van der Waals surface area (Å²) in [5.41, 5.74) is 0. The minimum atomic E-state index is -0.784. The molecule has 6 heteroatoms. The monoisotopic (exact) mass is 339 g/mol. The summed E-state index contributed by atoms with van der Waals surface area (Å²) in [7, 11) is 0. The van der Waals surface area contributed by atoms with Crippen LogP contribution in [0.2, 0.25) is 5.02 Å². The predicted molar refractivity (Wildman–Crippen MR) is 87.7 cm³/mol. The highest BCUT2D eigenvalue weighted by molar-refractivity contribution is 6.30. The van der Waals surface area contributed by atoms with Gasteiger partial charge in [-0.25, -0.2) is 0 Å². The fraction of sp³-hybridized carbons (Fsp3) is 0.529. The number of likely N-dealkylation sites (tertiary alicyclic amines) is 1. The maximum Gasteiger partial charge on any atom is 0.303 e. The number of piperidine rings is 1. The van der Waals surface area contributed by atoms with Crippen molar-refractivity contribution in [3.05, 3.63) is 29.3 Å². The zero-order chi connectivity index (χ0) is 16.8. The molecule has 1 N–H and O–H groups in total. The summed E-state index contributed by atoms with van der Waals surface area (Å²) in [6.07, 6.45) is 2.08. The second-order valence-corrected chi connectivity index (χ2v) is 6.38. The molecular formula is C17H22ClNO4. The first-order valence-electron chi connectivity index (χ1n) is 7.88. The number of hydrogen-bond acceptors (Lipinski definition) is 3. The van der Waals surface area contributed by atoms with Crippen molar-refractivity contribution in [2.24, 2.45) is 5.92 Å². The lowest BCUT2D eigenvalue weighted by Crippen LogP contribution is -2.45. The molecule has 0 spiro atoms. The number of hydrogen-bond donors (Lipinski definition) is 1. The average Bonchev–Trinajstić information content (AvgIpc) is 2.54. The van der Waals surface area contributed by atoms with Gasteiger partial charge in [0.15, 0.2) is 6.10 Å². The summed E-state index contributed by atoms with van der Waals surface area (Å²) in [6, 6.07) is 6.91. The summed E-state index contributed by atoms with van der Waals surface area (Å²) in [4.78, 5) is 25.0. The molecule has 1 amide bonds. The van der Waals surface area contributed by atoms with E-state index in [2.05, 4.69) is 0 Å². The van der Waals surface area contributed by atoms with Gasteiger partial charge in [0.2, 0.25) is 0 Å². The Balaban J connectivity index is 1.87. The van der Waals surface area contributed by atoms with Gasteiger partial charge in [-0.3, -0.25) is 9.59 Å². The number of aliphatic carboxylic acids is 1. The molecule has 1 aromatic carbocycles. The zero-order valence-corrected chi connectivity index (χ0v) is 14.0. The van der Waals surface area contributed by atoms with Crippen LogP contribution < -0.4 is 4.74 Å². The number of amides is 1. The smallest absolute Gasteiger partial charge is 0.303 e. The Morgan fingerprint density at radius 3 is 2.74 bits per heavy atom. The summed E-state index contributed by atoms with van der Waals surface area (Å²) >= 11 is 5.83. The van der Waals surface area contributed by atoms with Crippen molar-refractivity contribution in [3.63, 3.8) is 0 Å². The number of carboxylic acid groups (broad SMARTS) is 1. The normalized spacial score (nSPS) is 19.2. The topological polar surface area (TPSA) is 66.8 Å². The van der Waals surface area contributed by atoms with Crippen LogP contribution >= 0.6 is 11.6 Å². The molecule has 1 heterocycles. The molecule has 1 saturated heterocycles. The minimum Gasteiger partial charge on any atom is -0.481 e. The summed E-state index contributed by atoms with van der Waals surface area (Å²) in [5, 5.41) is 9.40. The van der Waals surface area contributed by atoms with Crippen molar-refractivity contribution in [1.82, 2.24) is 4.90 Å². The average molecular weight is 340 g/mol. The van der Waals surface area contributed by atoms with E-state index >= 15 is 0 Å². The lowest BCUT2D eigenvalue weighted by atomic mass is 9.93. The van der Waals surface area contributed by atoms with Gasteiger partial charge in [-0.05, 0) is 56.4 Å². The third-order valence-corrected chi connectivity index (χ3v) is 4.32. The first-order chi connectivity index (χ1) is 11.0. The number of carbonyl (C=O) groups excluding carboxylic acids is 1. The van der Waals surface area contributed by atoms with Gasteiger partial charge in [0.05, 0.1) is 0 Å². The second kappa shape index (κ2) is 8.20. The minimum absolute atomic E-state index is 0.0556. The van der Waals surface area contributed by atoms with Crippen LogP contribution in [0.25, 0.3) is 0 Å². The molecule has 23 heavy (non-hydrogen) atoms. The van der Waals surface area contributed by atoms with Gasteiger partial charge in [-0.15, -0.1) is 0 Å². The lowest BCUT2D eigenvalue weighted by Gasteiger charge is -2.34. The quantitative estimate of drug-likeness (QED) is 0.864. The van der Waals surface area contributed by atoms with Gasteiger partial charge in [0, 0.05) is 24.5 Å². The number of benzene rings is 1. The molecule has 1 aromatic rings. The Hall–Kier alpha value is -1.75. The van der Waals surface area contributed by atoms with E-state index in [1.54, 1.807) is 36.1 Å². The Morgan fingerprint density at radius 2 is 2.09 bits per heavy atom. The van der Waals surface area contributed by atoms with Gasteiger partial charge in [-0.2, -0.15) is 0 Å². The first-order valence-corrected chi connectivity index (χ1v) is 8.26. The van der Waals surface area contributed by atoms with Crippen LogP contribution in [0.5, 0.6) is 5.75 Å². The van der Waals surface area contributed by atoms with Crippen LogP contribution in [0, 0.1) is 5.92 Å². The number of ether oxygens (including phenoxy) is 1. The van der Waals surface area contributed by atoms with E-state index in [-0.39, 0.29) is 18.2 Å². The summed E-state index contributed by atoms with van der Waals surface area (Å²) in [6.45, 7) is 3.05. The van der Waals surface area contributed by atoms with Crippen LogP contribution in [0.3, 0.4) is 0 Å². The van der Waals surface area contributed by atoms with Gasteiger partial charge >= 0.3 is 5.97 Å². The van der Waals surface area contributed by atoms with Crippen LogP contribution in [0.4, 0.5) is 0 Å². The van der Waals surface area contributed by atoms with Crippen LogP contribution in [0.15, 0.2) is 24.3 Å². The lowest BCUT2D eigenvalue weighted by molar-refractivity contribution is -0.140. The third-order valence-electron chi connectivity index (χ3n) is 4.07. The zero-order valence-electron chi connectivity index (χ0n) is 13.2. The maximum atomic E-state index is 12.5. The van der Waals surface area contributed by atoms with Crippen molar-refractivity contribution >= 4 is 23.5 Å². The molecule has 126 valence electrons. The van der Waals surface area contributed by atoms with Crippen LogP contribution in [-0.2, 0) is 9.59 Å². The number of nitrogens with zero attached hydrogens (tertiary/aromatic N) is 1. The molecular weight excluding hydrogens is 318 g/mol. The molecule has 0 unspecified atom stereocenters. The Labute approximate surface area is 141 Å². The first kappa shape index (κ1) is 17.6. The Bertz CT molecular complexity index is 546. The third kappa shape index (κ3) is 5.43. The van der Waals surface area contributed by atoms with Gasteiger partial charge < -0.3 is 14.7 Å². The second-order valence-electron chi connectivity index (χ2n) is 5.94. The van der Waals surface area contributed by atoms with E-state index in [4.69, 9.17) is 21.4 Å². The SMILES string of the molecule is C[C@H](Oc1ccc(Cl)cc1)C(=O)N1CCC[C@H](CCC(=O)O)C1. The van der Waals surface area contributed by atoms with E-state index in [1.165, 1.54) is 0 Å². The summed E-state index contributed by atoms with van der Waals surface area (Å²) in [5.74, 6) is 0.0223. The van der Waals surface area contributed by atoms with E-state index < -0.39 is 12.1 Å². The highest BCUT2D eigenvalue weighted by atomic mass is 35.5. The Morgan fingerprint density at radius 1 is 1.39 bits per heavy atom. The van der Waals surface area contributed by atoms with Crippen molar-refractivity contribution in [2.75, 3.05) is 13.1 Å². The molecule has 0 aliphatic carbocycles. The van der Waals surface area contributed by atoms with E-state index in [0.29, 0.717) is 30.3 Å². The van der Waals surface area contributed by atoms with Gasteiger partial charge in [-0.1, -0.05) is 11.6 Å². The number of rotatable bonds is 6. The number of carboxylic acids is 1. The van der Waals surface area contributed by atoms with Crippen LogP contribution in [-0.4, -0.2) is 41.1 Å². The van der Waals surface area contributed by atoms with Crippen molar-refractivity contribution < 1.29 is 19.4 Å². The van der Waals surface area contributed by atoms with Crippen molar-refractivity contribution in [1.29, 1.82) is 0 Å². The van der Waals surface area contributed by atoms with E-state index in [0.717, 1.165) is 12.8 Å². The van der Waals surface area contributed by atoms with E-state index in [9.17, 15) is 9.59 Å². The van der Waals surface area contributed by atoms with Gasteiger partial charge in [0.1, 0.15) is 5.75 Å². The molecule has 0 saturated carbocycles. The maximum absolute atomic E-state index is 12.5. The molecule has 1 aliphatic heterocycles. The Kier molecular flexibility index (Phi) is 6.28. The number of carbonyl (C=O) groups is 2.